The summed E-state index contributed by atoms with van der Waals surface area (Å²) in [5.41, 5.74) is 2.22. The first-order valence-corrected chi connectivity index (χ1v) is 12.6. The van der Waals surface area contributed by atoms with Crippen molar-refractivity contribution in [3.8, 4) is 5.69 Å². The molecule has 3 aromatic rings. The smallest absolute Gasteiger partial charge is 0.233 e. The molecule has 1 aromatic heterocycles. The van der Waals surface area contributed by atoms with Crippen LogP contribution >= 0.6 is 23.4 Å². The molecule has 1 fully saturated rings. The lowest BCUT2D eigenvalue weighted by Gasteiger charge is -2.39. The second kappa shape index (κ2) is 10.5. The van der Waals surface area contributed by atoms with E-state index in [0.29, 0.717) is 22.9 Å². The van der Waals surface area contributed by atoms with E-state index in [2.05, 4.69) is 57.8 Å². The summed E-state index contributed by atoms with van der Waals surface area (Å²) in [5.74, 6) is 1.41. The van der Waals surface area contributed by atoms with Gasteiger partial charge in [-0.15, -0.1) is 10.2 Å². The molecule has 0 aliphatic carbocycles. The Morgan fingerprint density at radius 3 is 2.38 bits per heavy atom. The number of hydrogen-bond acceptors (Lipinski definition) is 4. The standard InChI is InChI=1S/C25H29ClN4OS/c1-18-7-6-8-19(2)29(18)24(31)17-32-25-28-27-23(16-11-20-9-4-3-5-10-20)30(25)22-14-12-21(26)13-15-22/h3-5,9-10,12-15,18-19H,6-8,11,16-17H2,1-2H3/t18-,19+. The molecule has 168 valence electrons. The van der Waals surface area contributed by atoms with Crippen LogP contribution in [0.5, 0.6) is 0 Å². The van der Waals surface area contributed by atoms with Gasteiger partial charge in [-0.25, -0.2) is 0 Å². The average molecular weight is 469 g/mol. The second-order valence-corrected chi connectivity index (χ2v) is 9.79. The summed E-state index contributed by atoms with van der Waals surface area (Å²) >= 11 is 7.57. The topological polar surface area (TPSA) is 51.0 Å². The number of aromatic nitrogens is 3. The number of benzene rings is 2. The Morgan fingerprint density at radius 2 is 1.69 bits per heavy atom. The molecule has 0 N–H and O–H groups in total. The van der Waals surface area contributed by atoms with Crippen molar-refractivity contribution in [1.29, 1.82) is 0 Å². The van der Waals surface area contributed by atoms with E-state index < -0.39 is 0 Å². The monoisotopic (exact) mass is 468 g/mol. The molecule has 2 aromatic carbocycles. The maximum atomic E-state index is 13.0. The van der Waals surface area contributed by atoms with Crippen molar-refractivity contribution in [1.82, 2.24) is 19.7 Å². The SMILES string of the molecule is C[C@@H]1CCC[C@H](C)N1C(=O)CSc1nnc(CCc2ccccc2)n1-c1ccc(Cl)cc1. The Bertz CT molecular complexity index is 1030. The maximum absolute atomic E-state index is 13.0. The largest absolute Gasteiger partial charge is 0.337 e. The van der Waals surface area contributed by atoms with E-state index >= 15 is 0 Å². The van der Waals surface area contributed by atoms with E-state index in [0.717, 1.165) is 42.4 Å². The van der Waals surface area contributed by atoms with Crippen LogP contribution in [-0.2, 0) is 17.6 Å². The number of nitrogens with zero attached hydrogens (tertiary/aromatic N) is 4. The van der Waals surface area contributed by atoms with Crippen LogP contribution in [0.3, 0.4) is 0 Å². The van der Waals surface area contributed by atoms with Crippen molar-refractivity contribution in [3.63, 3.8) is 0 Å². The molecule has 2 atom stereocenters. The molecule has 0 saturated carbocycles. The highest BCUT2D eigenvalue weighted by molar-refractivity contribution is 7.99. The molecule has 1 amide bonds. The van der Waals surface area contributed by atoms with Crippen LogP contribution in [0.25, 0.3) is 5.69 Å². The maximum Gasteiger partial charge on any atom is 0.233 e. The van der Waals surface area contributed by atoms with Gasteiger partial charge in [-0.1, -0.05) is 53.7 Å². The zero-order chi connectivity index (χ0) is 22.5. The van der Waals surface area contributed by atoms with Gasteiger partial charge in [0.2, 0.25) is 5.91 Å². The summed E-state index contributed by atoms with van der Waals surface area (Å²) in [6, 6.07) is 18.6. The van der Waals surface area contributed by atoms with Crippen LogP contribution in [0.2, 0.25) is 5.02 Å². The third-order valence-electron chi connectivity index (χ3n) is 6.07. The van der Waals surface area contributed by atoms with E-state index in [1.54, 1.807) is 0 Å². The van der Waals surface area contributed by atoms with Crippen molar-refractivity contribution in [3.05, 3.63) is 71.0 Å². The van der Waals surface area contributed by atoms with Crippen molar-refractivity contribution < 1.29 is 4.79 Å². The number of hydrogen-bond donors (Lipinski definition) is 0. The van der Waals surface area contributed by atoms with Crippen LogP contribution in [0.1, 0.15) is 44.5 Å². The second-order valence-electron chi connectivity index (χ2n) is 8.41. The molecular formula is C25H29ClN4OS. The van der Waals surface area contributed by atoms with E-state index in [-0.39, 0.29) is 5.91 Å². The van der Waals surface area contributed by atoms with Gasteiger partial charge in [0.1, 0.15) is 5.82 Å². The van der Waals surface area contributed by atoms with Gasteiger partial charge in [0, 0.05) is 29.2 Å². The number of piperidine rings is 1. The molecule has 1 saturated heterocycles. The van der Waals surface area contributed by atoms with Crippen molar-refractivity contribution in [2.24, 2.45) is 0 Å². The average Bonchev–Trinajstić information content (AvgIpc) is 3.20. The molecule has 5 nitrogen and oxygen atoms in total. The molecule has 7 heteroatoms. The van der Waals surface area contributed by atoms with Gasteiger partial charge >= 0.3 is 0 Å². The van der Waals surface area contributed by atoms with E-state index in [4.69, 9.17) is 11.6 Å². The number of amides is 1. The highest BCUT2D eigenvalue weighted by Crippen LogP contribution is 2.27. The number of carbonyl (C=O) groups excluding carboxylic acids is 1. The minimum atomic E-state index is 0.172. The van der Waals surface area contributed by atoms with Gasteiger partial charge in [0.25, 0.3) is 0 Å². The van der Waals surface area contributed by atoms with Gasteiger partial charge in [-0.05, 0) is 69.4 Å². The zero-order valence-electron chi connectivity index (χ0n) is 18.6. The molecule has 32 heavy (non-hydrogen) atoms. The number of carbonyl (C=O) groups is 1. The first-order valence-electron chi connectivity index (χ1n) is 11.2. The molecule has 0 radical (unpaired) electrons. The number of likely N-dealkylation sites (tertiary alicyclic amines) is 1. The number of halogens is 1. The Hall–Kier alpha value is -2.31. The van der Waals surface area contributed by atoms with Crippen molar-refractivity contribution >= 4 is 29.3 Å². The summed E-state index contributed by atoms with van der Waals surface area (Å²) in [6.07, 6.45) is 4.97. The summed E-state index contributed by atoms with van der Waals surface area (Å²) in [7, 11) is 0. The van der Waals surface area contributed by atoms with Gasteiger partial charge in [-0.2, -0.15) is 0 Å². The van der Waals surface area contributed by atoms with Gasteiger partial charge in [0.05, 0.1) is 5.75 Å². The number of aryl methyl sites for hydroxylation is 2. The molecule has 4 rings (SSSR count). The van der Waals surface area contributed by atoms with Crippen LogP contribution in [-0.4, -0.2) is 43.4 Å². The summed E-state index contributed by atoms with van der Waals surface area (Å²) < 4.78 is 2.06. The predicted octanol–water partition coefficient (Wildman–Crippen LogP) is 5.59. The Labute approximate surface area is 199 Å². The normalized spacial score (nSPS) is 18.7. The minimum absolute atomic E-state index is 0.172. The fourth-order valence-electron chi connectivity index (χ4n) is 4.42. The van der Waals surface area contributed by atoms with Crippen LogP contribution in [0.15, 0.2) is 59.8 Å². The van der Waals surface area contributed by atoms with Gasteiger partial charge < -0.3 is 4.90 Å². The van der Waals surface area contributed by atoms with E-state index in [1.165, 1.54) is 23.7 Å². The molecule has 0 bridgehead atoms. The van der Waals surface area contributed by atoms with Gasteiger partial charge in [-0.3, -0.25) is 9.36 Å². The minimum Gasteiger partial charge on any atom is -0.337 e. The lowest BCUT2D eigenvalue weighted by molar-refractivity contribution is -0.134. The van der Waals surface area contributed by atoms with Crippen molar-refractivity contribution in [2.45, 2.75) is 63.2 Å². The lowest BCUT2D eigenvalue weighted by Crippen LogP contribution is -2.48. The molecule has 1 aliphatic rings. The molecule has 2 heterocycles. The van der Waals surface area contributed by atoms with E-state index in [1.807, 2.05) is 30.3 Å². The summed E-state index contributed by atoms with van der Waals surface area (Å²) in [4.78, 5) is 15.1. The van der Waals surface area contributed by atoms with Gasteiger partial charge in [0.15, 0.2) is 5.16 Å². The summed E-state index contributed by atoms with van der Waals surface area (Å²) in [5, 5.41) is 10.4. The third-order valence-corrected chi connectivity index (χ3v) is 7.24. The third kappa shape index (κ3) is 5.36. The Kier molecular flexibility index (Phi) is 7.53. The van der Waals surface area contributed by atoms with E-state index in [9.17, 15) is 4.79 Å². The Morgan fingerprint density at radius 1 is 1.00 bits per heavy atom. The molecular weight excluding hydrogens is 440 g/mol. The van der Waals surface area contributed by atoms with Crippen LogP contribution in [0, 0.1) is 0 Å². The predicted molar refractivity (Wildman–Crippen MR) is 131 cm³/mol. The first kappa shape index (κ1) is 22.9. The van der Waals surface area contributed by atoms with Crippen LogP contribution in [0.4, 0.5) is 0 Å². The zero-order valence-corrected chi connectivity index (χ0v) is 20.1. The number of rotatable bonds is 7. The summed E-state index contributed by atoms with van der Waals surface area (Å²) in [6.45, 7) is 4.30. The molecule has 0 spiro atoms. The quantitative estimate of drug-likeness (QED) is 0.424. The Balaban J connectivity index is 1.54. The highest BCUT2D eigenvalue weighted by Gasteiger charge is 2.29. The molecule has 0 unspecified atom stereocenters. The highest BCUT2D eigenvalue weighted by atomic mass is 35.5. The van der Waals surface area contributed by atoms with Crippen LogP contribution < -0.4 is 0 Å². The lowest BCUT2D eigenvalue weighted by atomic mass is 9.98. The fraction of sp³-hybridized carbons (Fsp3) is 0.400. The number of thioether (sulfide) groups is 1. The van der Waals surface area contributed by atoms with Crippen molar-refractivity contribution in [2.75, 3.05) is 5.75 Å². The molecule has 1 aliphatic heterocycles. The fourth-order valence-corrected chi connectivity index (χ4v) is 5.39. The first-order chi connectivity index (χ1) is 15.5.